The van der Waals surface area contributed by atoms with Crippen molar-refractivity contribution in [1.29, 1.82) is 0 Å². The topological polar surface area (TPSA) is 72.9 Å². The SMILES string of the molecule is COC(=O)CC[C@@H]1CN2C[C@@H](C)[C@H]3C[C@@H]2[C@]1(C)C=C(C1=C(C)CCOC1=O)C3=O. The highest BCUT2D eigenvalue weighted by Gasteiger charge is 2.56. The molecule has 0 aromatic carbocycles. The average molecular weight is 402 g/mol. The van der Waals surface area contributed by atoms with Crippen LogP contribution in [0.3, 0.4) is 0 Å². The number of fused-ring (bicyclic) bond motifs is 1. The van der Waals surface area contributed by atoms with Crippen LogP contribution in [0.15, 0.2) is 22.8 Å². The summed E-state index contributed by atoms with van der Waals surface area (Å²) >= 11 is 0. The highest BCUT2D eigenvalue weighted by Crippen LogP contribution is 2.54. The van der Waals surface area contributed by atoms with Gasteiger partial charge < -0.3 is 9.47 Å². The van der Waals surface area contributed by atoms with Crippen LogP contribution in [0.2, 0.25) is 0 Å². The Bertz CT molecular complexity index is 812. The largest absolute Gasteiger partial charge is 0.469 e. The van der Waals surface area contributed by atoms with E-state index in [1.165, 1.54) is 7.11 Å². The summed E-state index contributed by atoms with van der Waals surface area (Å²) < 4.78 is 10.2. The summed E-state index contributed by atoms with van der Waals surface area (Å²) in [6.45, 7) is 8.45. The number of ether oxygens (including phenoxy) is 2. The Hall–Kier alpha value is -1.95. The van der Waals surface area contributed by atoms with E-state index in [1.54, 1.807) is 0 Å². The van der Waals surface area contributed by atoms with Crippen LogP contribution in [0.1, 0.15) is 46.5 Å². The van der Waals surface area contributed by atoms with Crippen LogP contribution in [0.5, 0.6) is 0 Å². The van der Waals surface area contributed by atoms with Crippen molar-refractivity contribution in [3.8, 4) is 0 Å². The van der Waals surface area contributed by atoms with Crippen molar-refractivity contribution in [2.75, 3.05) is 26.8 Å². The van der Waals surface area contributed by atoms with Gasteiger partial charge in [0.15, 0.2) is 5.78 Å². The molecule has 0 saturated carbocycles. The molecule has 0 spiro atoms. The molecule has 4 aliphatic rings. The van der Waals surface area contributed by atoms with E-state index in [-0.39, 0.29) is 46.9 Å². The van der Waals surface area contributed by atoms with Crippen LogP contribution in [0.4, 0.5) is 0 Å². The van der Waals surface area contributed by atoms with Crippen molar-refractivity contribution in [2.24, 2.45) is 23.2 Å². The lowest BCUT2D eigenvalue weighted by Crippen LogP contribution is -2.48. The van der Waals surface area contributed by atoms with Gasteiger partial charge in [0.1, 0.15) is 0 Å². The summed E-state index contributed by atoms with van der Waals surface area (Å²) in [6, 6.07) is 0.258. The zero-order valence-electron chi connectivity index (χ0n) is 17.8. The number of ketones is 1. The van der Waals surface area contributed by atoms with Crippen LogP contribution in [-0.4, -0.2) is 55.5 Å². The molecular formula is C23H31NO5. The van der Waals surface area contributed by atoms with E-state index < -0.39 is 0 Å². The minimum atomic E-state index is -0.373. The Morgan fingerprint density at radius 1 is 1.34 bits per heavy atom. The van der Waals surface area contributed by atoms with E-state index in [4.69, 9.17) is 9.47 Å². The molecule has 0 radical (unpaired) electrons. The monoisotopic (exact) mass is 401 g/mol. The molecule has 3 aliphatic heterocycles. The molecule has 6 nitrogen and oxygen atoms in total. The Balaban J connectivity index is 1.79. The number of hydrogen-bond acceptors (Lipinski definition) is 6. The highest BCUT2D eigenvalue weighted by atomic mass is 16.5. The third-order valence-corrected chi connectivity index (χ3v) is 7.77. The number of carbonyl (C=O) groups excluding carboxylic acids is 3. The highest BCUT2D eigenvalue weighted by molar-refractivity contribution is 6.12. The van der Waals surface area contributed by atoms with E-state index in [0.717, 1.165) is 31.5 Å². The van der Waals surface area contributed by atoms with Crippen molar-refractivity contribution in [3.63, 3.8) is 0 Å². The molecule has 1 aliphatic carbocycles. The number of esters is 2. The van der Waals surface area contributed by atoms with Crippen LogP contribution in [0, 0.1) is 23.2 Å². The third kappa shape index (κ3) is 3.25. The Labute approximate surface area is 172 Å². The van der Waals surface area contributed by atoms with Gasteiger partial charge in [-0.05, 0) is 31.6 Å². The van der Waals surface area contributed by atoms with Gasteiger partial charge in [0.25, 0.3) is 0 Å². The van der Waals surface area contributed by atoms with Gasteiger partial charge in [0.05, 0.1) is 19.3 Å². The van der Waals surface area contributed by atoms with Crippen molar-refractivity contribution < 1.29 is 23.9 Å². The third-order valence-electron chi connectivity index (χ3n) is 7.77. The number of cyclic esters (lactones) is 1. The number of piperidine rings is 1. The number of carbonyl (C=O) groups is 3. The minimum Gasteiger partial charge on any atom is -0.469 e. The van der Waals surface area contributed by atoms with E-state index >= 15 is 0 Å². The zero-order valence-corrected chi connectivity index (χ0v) is 17.8. The number of methoxy groups -OCH3 is 1. The number of hydrogen-bond donors (Lipinski definition) is 0. The Morgan fingerprint density at radius 3 is 2.79 bits per heavy atom. The van der Waals surface area contributed by atoms with Crippen LogP contribution in [0.25, 0.3) is 0 Å². The maximum absolute atomic E-state index is 13.6. The van der Waals surface area contributed by atoms with Crippen LogP contribution >= 0.6 is 0 Å². The molecule has 158 valence electrons. The fraction of sp³-hybridized carbons (Fsp3) is 0.696. The van der Waals surface area contributed by atoms with Crippen molar-refractivity contribution >= 4 is 17.7 Å². The van der Waals surface area contributed by atoms with Crippen molar-refractivity contribution in [3.05, 3.63) is 22.8 Å². The van der Waals surface area contributed by atoms with Crippen molar-refractivity contribution in [2.45, 2.75) is 52.5 Å². The van der Waals surface area contributed by atoms with Gasteiger partial charge in [-0.3, -0.25) is 14.5 Å². The van der Waals surface area contributed by atoms with E-state index in [1.807, 2.05) is 6.92 Å². The van der Waals surface area contributed by atoms with Gasteiger partial charge in [-0.15, -0.1) is 0 Å². The van der Waals surface area contributed by atoms with Crippen molar-refractivity contribution in [1.82, 2.24) is 4.90 Å². The molecule has 0 unspecified atom stereocenters. The summed E-state index contributed by atoms with van der Waals surface area (Å²) in [7, 11) is 1.42. The van der Waals surface area contributed by atoms with E-state index in [9.17, 15) is 14.4 Å². The summed E-state index contributed by atoms with van der Waals surface area (Å²) in [4.78, 5) is 40.5. The first-order valence-corrected chi connectivity index (χ1v) is 10.7. The van der Waals surface area contributed by atoms with Gasteiger partial charge in [-0.25, -0.2) is 4.79 Å². The molecule has 4 rings (SSSR count). The molecule has 0 amide bonds. The molecule has 2 saturated heterocycles. The predicted molar refractivity (Wildman–Crippen MR) is 107 cm³/mol. The molecule has 0 aromatic rings. The van der Waals surface area contributed by atoms with E-state index in [2.05, 4.69) is 24.8 Å². The maximum atomic E-state index is 13.6. The standard InChI is InChI=1S/C23H31NO5/c1-13-7-8-29-22(27)20(13)17-10-23(3)15(5-6-19(25)28-4)12-24-11-14(2)16(21(17)26)9-18(23)24/h10,14-16,18H,5-9,11-12H2,1-4H3/t14-,15-,16-,18-,23-/m1/s1. The second kappa shape index (κ2) is 7.38. The first-order chi connectivity index (χ1) is 13.8. The lowest BCUT2D eigenvalue weighted by atomic mass is 9.70. The van der Waals surface area contributed by atoms with Gasteiger partial charge in [0, 0.05) is 48.9 Å². The number of rotatable bonds is 4. The first-order valence-electron chi connectivity index (χ1n) is 10.7. The molecule has 2 bridgehead atoms. The minimum absolute atomic E-state index is 0.0706. The fourth-order valence-corrected chi connectivity index (χ4v) is 6.01. The molecule has 29 heavy (non-hydrogen) atoms. The summed E-state index contributed by atoms with van der Waals surface area (Å²) in [5, 5.41) is 0. The Morgan fingerprint density at radius 2 is 2.10 bits per heavy atom. The lowest BCUT2D eigenvalue weighted by Gasteiger charge is -2.42. The first kappa shape index (κ1) is 20.3. The quantitative estimate of drug-likeness (QED) is 0.675. The molecule has 0 N–H and O–H groups in total. The van der Waals surface area contributed by atoms with Gasteiger partial charge in [-0.2, -0.15) is 0 Å². The number of Topliss-reactive ketones (excluding diaryl/α,β-unsaturated/α-hetero) is 1. The molecule has 2 fully saturated rings. The second-order valence-electron chi connectivity index (χ2n) is 9.43. The number of nitrogens with zero attached hydrogens (tertiary/aromatic N) is 1. The Kier molecular flexibility index (Phi) is 5.18. The molecular weight excluding hydrogens is 370 g/mol. The molecule has 5 atom stereocenters. The van der Waals surface area contributed by atoms with Crippen LogP contribution in [-0.2, 0) is 23.9 Å². The summed E-state index contributed by atoms with van der Waals surface area (Å²) in [6.07, 6.45) is 4.65. The van der Waals surface area contributed by atoms with Gasteiger partial charge in [0.2, 0.25) is 0 Å². The van der Waals surface area contributed by atoms with E-state index in [0.29, 0.717) is 30.6 Å². The van der Waals surface area contributed by atoms with Gasteiger partial charge in [-0.1, -0.05) is 25.5 Å². The fourth-order valence-electron chi connectivity index (χ4n) is 6.01. The lowest BCUT2D eigenvalue weighted by molar-refractivity contribution is -0.141. The predicted octanol–water partition coefficient (Wildman–Crippen LogP) is 2.67. The smallest absolute Gasteiger partial charge is 0.338 e. The average Bonchev–Trinajstić information content (AvgIpc) is 2.89. The van der Waals surface area contributed by atoms with Crippen LogP contribution < -0.4 is 0 Å². The normalized spacial score (nSPS) is 37.2. The molecule has 3 heterocycles. The zero-order chi connectivity index (χ0) is 20.9. The van der Waals surface area contributed by atoms with Gasteiger partial charge >= 0.3 is 11.9 Å². The molecule has 0 aromatic heterocycles. The maximum Gasteiger partial charge on any atom is 0.338 e. The summed E-state index contributed by atoms with van der Waals surface area (Å²) in [5.41, 5.74) is 1.71. The second-order valence-corrected chi connectivity index (χ2v) is 9.43. The summed E-state index contributed by atoms with van der Waals surface area (Å²) in [5.74, 6) is -0.0789. The molecule has 6 heteroatoms.